The Bertz CT molecular complexity index is 625. The lowest BCUT2D eigenvalue weighted by Gasteiger charge is -2.10. The predicted molar refractivity (Wildman–Crippen MR) is 66.2 cm³/mol. The fourth-order valence-electron chi connectivity index (χ4n) is 1.66. The van der Waals surface area contributed by atoms with E-state index in [1.54, 1.807) is 6.07 Å². The van der Waals surface area contributed by atoms with Gasteiger partial charge in [-0.3, -0.25) is 4.79 Å². The number of benzene rings is 1. The highest BCUT2D eigenvalue weighted by molar-refractivity contribution is 5.85. The number of ether oxygens (including phenoxy) is 1. The van der Waals surface area contributed by atoms with Crippen molar-refractivity contribution in [3.8, 4) is 16.9 Å². The minimum Gasteiger partial charge on any atom is -0.406 e. The molecule has 2 aromatic rings. The second kappa shape index (κ2) is 5.20. The number of carbonyl (C=O) groups excluding carboxylic acids is 1. The summed E-state index contributed by atoms with van der Waals surface area (Å²) in [7, 11) is 0. The van der Waals surface area contributed by atoms with Crippen molar-refractivity contribution < 1.29 is 22.7 Å². The maximum absolute atomic E-state index is 12.0. The molecule has 0 fully saturated rings. The van der Waals surface area contributed by atoms with E-state index in [0.717, 1.165) is 12.1 Å². The molecular weight excluding hydrogens is 273 g/mol. The van der Waals surface area contributed by atoms with Gasteiger partial charge in [0, 0.05) is 5.56 Å². The third-order valence-electron chi connectivity index (χ3n) is 2.46. The molecule has 1 aromatic carbocycles. The molecule has 0 aliphatic rings. The average molecular weight is 282 g/mol. The quantitative estimate of drug-likeness (QED) is 0.879. The molecule has 0 saturated carbocycles. The Morgan fingerprint density at radius 2 is 1.75 bits per heavy atom. The van der Waals surface area contributed by atoms with Crippen LogP contribution in [0.1, 0.15) is 10.5 Å². The third kappa shape index (κ3) is 3.25. The van der Waals surface area contributed by atoms with E-state index in [2.05, 4.69) is 9.72 Å². The molecule has 0 radical (unpaired) electrons. The van der Waals surface area contributed by atoms with Crippen molar-refractivity contribution in [2.24, 2.45) is 0 Å². The highest BCUT2D eigenvalue weighted by Gasteiger charge is 2.30. The second-order valence-corrected chi connectivity index (χ2v) is 3.86. The summed E-state index contributed by atoms with van der Waals surface area (Å²) in [4.78, 5) is 14.8. The zero-order valence-corrected chi connectivity index (χ0v) is 10.0. The summed E-state index contributed by atoms with van der Waals surface area (Å²) in [6.45, 7) is 0. The number of hydrogen-bond acceptors (Lipinski definition) is 4. The Balaban J connectivity index is 2.33. The van der Waals surface area contributed by atoms with Crippen LogP contribution in [0.4, 0.5) is 19.0 Å². The third-order valence-corrected chi connectivity index (χ3v) is 2.46. The first kappa shape index (κ1) is 13.9. The largest absolute Gasteiger partial charge is 0.573 e. The van der Waals surface area contributed by atoms with Crippen LogP contribution in [0, 0.1) is 0 Å². The molecule has 0 aliphatic heterocycles. The van der Waals surface area contributed by atoms with Crippen LogP contribution in [0.2, 0.25) is 0 Å². The standard InChI is InChI=1S/C13H9F3N2O2/c14-13(15,16)20-9-3-1-8(2-4-9)10-5-6-12(17)18-11(10)7-19/h1-7H,(H2,17,18). The van der Waals surface area contributed by atoms with Gasteiger partial charge < -0.3 is 10.5 Å². The van der Waals surface area contributed by atoms with E-state index in [4.69, 9.17) is 5.73 Å². The molecule has 0 spiro atoms. The molecule has 0 aliphatic carbocycles. The van der Waals surface area contributed by atoms with Gasteiger partial charge in [-0.25, -0.2) is 4.98 Å². The molecule has 0 saturated heterocycles. The average Bonchev–Trinajstić information content (AvgIpc) is 2.38. The number of nitrogen functional groups attached to an aromatic ring is 1. The molecule has 0 atom stereocenters. The van der Waals surface area contributed by atoms with Crippen LogP contribution in [-0.2, 0) is 0 Å². The van der Waals surface area contributed by atoms with E-state index in [9.17, 15) is 18.0 Å². The summed E-state index contributed by atoms with van der Waals surface area (Å²) in [6.07, 6.45) is -4.20. The van der Waals surface area contributed by atoms with Gasteiger partial charge in [-0.2, -0.15) is 0 Å². The van der Waals surface area contributed by atoms with Gasteiger partial charge in [0.15, 0.2) is 6.29 Å². The van der Waals surface area contributed by atoms with Crippen LogP contribution in [0.3, 0.4) is 0 Å². The Morgan fingerprint density at radius 3 is 2.30 bits per heavy atom. The number of anilines is 1. The number of halogens is 3. The molecule has 0 unspecified atom stereocenters. The van der Waals surface area contributed by atoms with Crippen molar-refractivity contribution in [2.75, 3.05) is 5.73 Å². The minimum absolute atomic E-state index is 0.120. The van der Waals surface area contributed by atoms with Crippen LogP contribution in [0.15, 0.2) is 36.4 Å². The van der Waals surface area contributed by atoms with E-state index >= 15 is 0 Å². The molecule has 20 heavy (non-hydrogen) atoms. The number of alkyl halides is 3. The predicted octanol–water partition coefficient (Wildman–Crippen LogP) is 3.04. The summed E-state index contributed by atoms with van der Waals surface area (Å²) in [6, 6.07) is 8.21. The van der Waals surface area contributed by atoms with Gasteiger partial charge in [-0.05, 0) is 29.8 Å². The monoisotopic (exact) mass is 282 g/mol. The van der Waals surface area contributed by atoms with E-state index in [-0.39, 0.29) is 17.3 Å². The molecule has 0 bridgehead atoms. The number of nitrogens with zero attached hydrogens (tertiary/aromatic N) is 1. The molecule has 104 valence electrons. The van der Waals surface area contributed by atoms with Crippen LogP contribution in [0.25, 0.3) is 11.1 Å². The lowest BCUT2D eigenvalue weighted by Crippen LogP contribution is -2.16. The fraction of sp³-hybridized carbons (Fsp3) is 0.0769. The summed E-state index contributed by atoms with van der Waals surface area (Å²) in [5, 5.41) is 0. The Hall–Kier alpha value is -2.57. The molecule has 1 heterocycles. The lowest BCUT2D eigenvalue weighted by atomic mass is 10.0. The molecule has 0 amide bonds. The van der Waals surface area contributed by atoms with Gasteiger partial charge in [0.25, 0.3) is 0 Å². The van der Waals surface area contributed by atoms with Crippen molar-refractivity contribution in [3.05, 3.63) is 42.1 Å². The molecular formula is C13H9F3N2O2. The normalized spacial score (nSPS) is 11.2. The lowest BCUT2D eigenvalue weighted by molar-refractivity contribution is -0.274. The number of rotatable bonds is 3. The minimum atomic E-state index is -4.74. The Kier molecular flexibility index (Phi) is 3.60. The molecule has 2 rings (SSSR count). The first-order valence-electron chi connectivity index (χ1n) is 5.47. The van der Waals surface area contributed by atoms with Gasteiger partial charge >= 0.3 is 6.36 Å². The molecule has 1 aromatic heterocycles. The van der Waals surface area contributed by atoms with Crippen LogP contribution >= 0.6 is 0 Å². The smallest absolute Gasteiger partial charge is 0.406 e. The van der Waals surface area contributed by atoms with Crippen molar-refractivity contribution >= 4 is 12.1 Å². The van der Waals surface area contributed by atoms with Gasteiger partial charge in [0.05, 0.1) is 0 Å². The van der Waals surface area contributed by atoms with Crippen LogP contribution < -0.4 is 10.5 Å². The maximum atomic E-state index is 12.0. The summed E-state index contributed by atoms with van der Waals surface area (Å²) in [5.74, 6) is -0.148. The van der Waals surface area contributed by atoms with Gasteiger partial charge in [-0.15, -0.1) is 13.2 Å². The number of nitrogens with two attached hydrogens (primary N) is 1. The van der Waals surface area contributed by atoms with Crippen molar-refractivity contribution in [2.45, 2.75) is 6.36 Å². The van der Waals surface area contributed by atoms with Crippen LogP contribution in [-0.4, -0.2) is 17.6 Å². The number of hydrogen-bond donors (Lipinski definition) is 1. The van der Waals surface area contributed by atoms with Gasteiger partial charge in [0.1, 0.15) is 17.3 Å². The summed E-state index contributed by atoms with van der Waals surface area (Å²) in [5.41, 5.74) is 6.60. The Labute approximate surface area is 112 Å². The van der Waals surface area contributed by atoms with Gasteiger partial charge in [-0.1, -0.05) is 12.1 Å². The summed E-state index contributed by atoms with van der Waals surface area (Å²) >= 11 is 0. The van der Waals surface area contributed by atoms with Crippen LogP contribution in [0.5, 0.6) is 5.75 Å². The van der Waals surface area contributed by atoms with E-state index in [1.165, 1.54) is 18.2 Å². The summed E-state index contributed by atoms with van der Waals surface area (Å²) < 4.78 is 39.9. The van der Waals surface area contributed by atoms with Crippen molar-refractivity contribution in [3.63, 3.8) is 0 Å². The fourth-order valence-corrected chi connectivity index (χ4v) is 1.66. The highest BCUT2D eigenvalue weighted by Crippen LogP contribution is 2.27. The number of aromatic nitrogens is 1. The zero-order valence-electron chi connectivity index (χ0n) is 10.0. The van der Waals surface area contributed by atoms with Crippen molar-refractivity contribution in [1.29, 1.82) is 0 Å². The first-order valence-corrected chi connectivity index (χ1v) is 5.47. The zero-order chi connectivity index (χ0) is 14.8. The van der Waals surface area contributed by atoms with E-state index < -0.39 is 6.36 Å². The Morgan fingerprint density at radius 1 is 1.10 bits per heavy atom. The van der Waals surface area contributed by atoms with Gasteiger partial charge in [0.2, 0.25) is 0 Å². The van der Waals surface area contributed by atoms with E-state index in [0.29, 0.717) is 17.4 Å². The second-order valence-electron chi connectivity index (χ2n) is 3.86. The highest BCUT2D eigenvalue weighted by atomic mass is 19.4. The van der Waals surface area contributed by atoms with Crippen molar-refractivity contribution in [1.82, 2.24) is 4.98 Å². The first-order chi connectivity index (χ1) is 9.39. The molecule has 7 heteroatoms. The molecule has 2 N–H and O–H groups in total. The SMILES string of the molecule is Nc1ccc(-c2ccc(OC(F)(F)F)cc2)c(C=O)n1. The number of pyridine rings is 1. The molecule has 4 nitrogen and oxygen atoms in total. The maximum Gasteiger partial charge on any atom is 0.573 e. The number of carbonyl (C=O) groups is 1. The topological polar surface area (TPSA) is 65.2 Å². The van der Waals surface area contributed by atoms with E-state index in [1.807, 2.05) is 0 Å². The number of aldehydes is 1.